The van der Waals surface area contributed by atoms with Gasteiger partial charge in [-0.3, -0.25) is 0 Å². The Balaban J connectivity index is 2.21. The monoisotopic (exact) mass is 291 g/mol. The third kappa shape index (κ3) is 3.22. The lowest BCUT2D eigenvalue weighted by atomic mass is 9.96. The third-order valence-electron chi connectivity index (χ3n) is 3.11. The maximum absolute atomic E-state index is 13.5. The minimum Gasteiger partial charge on any atom is -0.208 e. The Labute approximate surface area is 111 Å². The molecule has 2 rings (SSSR count). The van der Waals surface area contributed by atoms with Crippen molar-refractivity contribution in [2.45, 2.75) is 43.0 Å². The topological polar surface area (TPSA) is 46.2 Å². The summed E-state index contributed by atoms with van der Waals surface area (Å²) in [6.45, 7) is 0. The number of hydrogen-bond acceptors (Lipinski definition) is 2. The Kier molecular flexibility index (Phi) is 4.25. The fraction of sp³-hybridized carbons (Fsp3) is 0.500. The first-order chi connectivity index (χ1) is 8.49. The molecule has 0 unspecified atom stereocenters. The van der Waals surface area contributed by atoms with E-state index in [2.05, 4.69) is 4.72 Å². The van der Waals surface area contributed by atoms with Crippen LogP contribution in [0.5, 0.6) is 0 Å². The largest absolute Gasteiger partial charge is 0.243 e. The first-order valence-corrected chi connectivity index (χ1v) is 7.82. The summed E-state index contributed by atoms with van der Waals surface area (Å²) >= 11 is 5.71. The van der Waals surface area contributed by atoms with Crippen LogP contribution in [0.3, 0.4) is 0 Å². The number of sulfonamides is 1. The molecule has 1 fully saturated rings. The number of rotatable bonds is 3. The molecule has 1 aromatic carbocycles. The highest BCUT2D eigenvalue weighted by atomic mass is 35.5. The Morgan fingerprint density at radius 1 is 1.22 bits per heavy atom. The molecule has 0 amide bonds. The summed E-state index contributed by atoms with van der Waals surface area (Å²) in [5.41, 5.74) is 0. The number of benzene rings is 1. The van der Waals surface area contributed by atoms with Gasteiger partial charge < -0.3 is 0 Å². The van der Waals surface area contributed by atoms with Crippen molar-refractivity contribution in [3.8, 4) is 0 Å². The summed E-state index contributed by atoms with van der Waals surface area (Å²) in [6.07, 6.45) is 4.75. The van der Waals surface area contributed by atoms with Crippen LogP contribution in [0.4, 0.5) is 4.39 Å². The van der Waals surface area contributed by atoms with Gasteiger partial charge in [0.2, 0.25) is 10.0 Å². The van der Waals surface area contributed by atoms with E-state index in [4.69, 9.17) is 11.6 Å². The third-order valence-corrected chi connectivity index (χ3v) is 4.88. The van der Waals surface area contributed by atoms with Crippen LogP contribution in [-0.2, 0) is 10.0 Å². The van der Waals surface area contributed by atoms with Crippen molar-refractivity contribution in [1.29, 1.82) is 0 Å². The van der Waals surface area contributed by atoms with Gasteiger partial charge in [0.15, 0.2) is 0 Å². The van der Waals surface area contributed by atoms with E-state index in [0.29, 0.717) is 0 Å². The molecule has 0 saturated heterocycles. The molecule has 1 aliphatic carbocycles. The molecule has 18 heavy (non-hydrogen) atoms. The minimum atomic E-state index is -3.82. The Bertz CT molecular complexity index is 527. The van der Waals surface area contributed by atoms with E-state index >= 15 is 0 Å². The van der Waals surface area contributed by atoms with Crippen molar-refractivity contribution in [3.05, 3.63) is 29.0 Å². The van der Waals surface area contributed by atoms with E-state index in [1.165, 1.54) is 6.07 Å². The zero-order valence-corrected chi connectivity index (χ0v) is 11.4. The van der Waals surface area contributed by atoms with Crippen LogP contribution < -0.4 is 4.72 Å². The zero-order chi connectivity index (χ0) is 13.2. The van der Waals surface area contributed by atoms with Gasteiger partial charge in [-0.15, -0.1) is 0 Å². The highest BCUT2D eigenvalue weighted by molar-refractivity contribution is 7.89. The molecule has 0 bridgehead atoms. The maximum atomic E-state index is 13.5. The predicted octanol–water partition coefficient (Wildman–Crippen LogP) is 3.09. The van der Waals surface area contributed by atoms with Gasteiger partial charge in [0, 0.05) is 11.1 Å². The van der Waals surface area contributed by atoms with E-state index in [-0.39, 0.29) is 16.0 Å². The van der Waals surface area contributed by atoms with Gasteiger partial charge in [-0.25, -0.2) is 17.5 Å². The Hall–Kier alpha value is -0.650. The van der Waals surface area contributed by atoms with Gasteiger partial charge >= 0.3 is 0 Å². The number of hydrogen-bond donors (Lipinski definition) is 1. The van der Waals surface area contributed by atoms with Crippen molar-refractivity contribution in [2.75, 3.05) is 0 Å². The number of nitrogens with one attached hydrogen (secondary N) is 1. The summed E-state index contributed by atoms with van der Waals surface area (Å²) in [4.78, 5) is -0.374. The molecule has 1 aromatic rings. The van der Waals surface area contributed by atoms with Gasteiger partial charge in [-0.1, -0.05) is 30.9 Å². The van der Waals surface area contributed by atoms with Crippen molar-refractivity contribution in [2.24, 2.45) is 0 Å². The predicted molar refractivity (Wildman–Crippen MR) is 68.6 cm³/mol. The summed E-state index contributed by atoms with van der Waals surface area (Å²) < 4.78 is 40.2. The first-order valence-electron chi connectivity index (χ1n) is 5.96. The lowest BCUT2D eigenvalue weighted by Crippen LogP contribution is -2.36. The van der Waals surface area contributed by atoms with Gasteiger partial charge in [0.25, 0.3) is 0 Å². The highest BCUT2D eigenvalue weighted by Gasteiger charge is 2.24. The molecular weight excluding hydrogens is 277 g/mol. The van der Waals surface area contributed by atoms with Gasteiger partial charge in [0.1, 0.15) is 10.7 Å². The lowest BCUT2D eigenvalue weighted by molar-refractivity contribution is 0.411. The van der Waals surface area contributed by atoms with Crippen molar-refractivity contribution < 1.29 is 12.8 Å². The van der Waals surface area contributed by atoms with Crippen LogP contribution in [0.2, 0.25) is 5.02 Å². The van der Waals surface area contributed by atoms with E-state index < -0.39 is 15.8 Å². The molecule has 0 aromatic heterocycles. The zero-order valence-electron chi connectivity index (χ0n) is 9.83. The van der Waals surface area contributed by atoms with Crippen LogP contribution in [0, 0.1) is 5.82 Å². The van der Waals surface area contributed by atoms with Crippen LogP contribution in [0.1, 0.15) is 32.1 Å². The molecule has 0 radical (unpaired) electrons. The highest BCUT2D eigenvalue weighted by Crippen LogP contribution is 2.23. The summed E-state index contributed by atoms with van der Waals surface area (Å²) in [6, 6.07) is 3.44. The lowest BCUT2D eigenvalue weighted by Gasteiger charge is -2.22. The van der Waals surface area contributed by atoms with Gasteiger partial charge in [-0.05, 0) is 31.0 Å². The van der Waals surface area contributed by atoms with Gasteiger partial charge in [0.05, 0.1) is 0 Å². The molecule has 100 valence electrons. The van der Waals surface area contributed by atoms with Crippen LogP contribution in [0.25, 0.3) is 0 Å². The molecule has 0 spiro atoms. The van der Waals surface area contributed by atoms with Crippen molar-refractivity contribution >= 4 is 21.6 Å². The van der Waals surface area contributed by atoms with E-state index in [9.17, 15) is 12.8 Å². The Morgan fingerprint density at radius 3 is 2.56 bits per heavy atom. The fourth-order valence-electron chi connectivity index (χ4n) is 2.19. The average molecular weight is 292 g/mol. The average Bonchev–Trinajstić information content (AvgIpc) is 2.33. The molecule has 1 aliphatic rings. The smallest absolute Gasteiger partial charge is 0.208 e. The quantitative estimate of drug-likeness (QED) is 0.930. The normalized spacial score (nSPS) is 17.9. The van der Waals surface area contributed by atoms with Crippen LogP contribution in [0.15, 0.2) is 23.1 Å². The van der Waals surface area contributed by atoms with Crippen molar-refractivity contribution in [1.82, 2.24) is 4.72 Å². The first kappa shape index (κ1) is 13.8. The summed E-state index contributed by atoms with van der Waals surface area (Å²) in [7, 11) is -3.82. The standard InChI is InChI=1S/C12H15ClFNO2S/c13-9-6-7-11(14)12(8-9)18(16,17)15-10-4-2-1-3-5-10/h6-8,10,15H,1-5H2. The summed E-state index contributed by atoms with van der Waals surface area (Å²) in [5, 5.41) is 0.209. The second-order valence-electron chi connectivity index (χ2n) is 4.53. The Morgan fingerprint density at radius 2 is 1.89 bits per heavy atom. The molecule has 0 aliphatic heterocycles. The minimum absolute atomic E-state index is 0.0952. The fourth-order valence-corrected chi connectivity index (χ4v) is 3.83. The molecule has 0 atom stereocenters. The summed E-state index contributed by atoms with van der Waals surface area (Å²) in [5.74, 6) is -0.775. The van der Waals surface area contributed by atoms with E-state index in [1.54, 1.807) is 0 Å². The molecule has 3 nitrogen and oxygen atoms in total. The van der Waals surface area contributed by atoms with Gasteiger partial charge in [-0.2, -0.15) is 0 Å². The maximum Gasteiger partial charge on any atom is 0.243 e. The van der Waals surface area contributed by atoms with E-state index in [1.807, 2.05) is 0 Å². The van der Waals surface area contributed by atoms with Crippen LogP contribution >= 0.6 is 11.6 Å². The SMILES string of the molecule is O=S(=O)(NC1CCCCC1)c1cc(Cl)ccc1F. The molecule has 0 heterocycles. The molecule has 6 heteroatoms. The molecule has 1 N–H and O–H groups in total. The molecular formula is C12H15ClFNO2S. The second-order valence-corrected chi connectivity index (χ2v) is 6.65. The number of halogens is 2. The second kappa shape index (κ2) is 5.55. The molecule has 1 saturated carbocycles. The van der Waals surface area contributed by atoms with E-state index in [0.717, 1.165) is 44.2 Å². The van der Waals surface area contributed by atoms with Crippen molar-refractivity contribution in [3.63, 3.8) is 0 Å². The van der Waals surface area contributed by atoms with Crippen LogP contribution in [-0.4, -0.2) is 14.5 Å².